The standard InChI is InChI=1S/C18H20N2O4S/c1-5-24-18(23)14-11(3)15(25-17(14)19-12(4)21)16(22)20-13-8-6-7-10(2)9-13/h6-9H,5H2,1-4H3,(H,19,21)(H,20,22). The average Bonchev–Trinajstić information content (AvgIpc) is 2.83. The third kappa shape index (κ3) is 4.45. The molecule has 0 spiro atoms. The van der Waals surface area contributed by atoms with Gasteiger partial charge in [-0.05, 0) is 44.0 Å². The van der Waals surface area contributed by atoms with E-state index in [9.17, 15) is 14.4 Å². The normalized spacial score (nSPS) is 10.2. The molecule has 6 nitrogen and oxygen atoms in total. The summed E-state index contributed by atoms with van der Waals surface area (Å²) in [6.07, 6.45) is 0. The lowest BCUT2D eigenvalue weighted by Crippen LogP contribution is -2.13. The molecule has 2 amide bonds. The maximum absolute atomic E-state index is 12.6. The van der Waals surface area contributed by atoms with Crippen LogP contribution in [0.15, 0.2) is 24.3 Å². The highest BCUT2D eigenvalue weighted by Gasteiger charge is 2.26. The first-order chi connectivity index (χ1) is 11.8. The topological polar surface area (TPSA) is 84.5 Å². The van der Waals surface area contributed by atoms with Crippen LogP contribution in [0.25, 0.3) is 0 Å². The number of hydrogen-bond donors (Lipinski definition) is 2. The zero-order valence-electron chi connectivity index (χ0n) is 14.6. The van der Waals surface area contributed by atoms with Crippen molar-refractivity contribution in [1.82, 2.24) is 0 Å². The molecule has 1 aromatic heterocycles. The summed E-state index contributed by atoms with van der Waals surface area (Å²) in [5, 5.41) is 5.73. The van der Waals surface area contributed by atoms with Crippen LogP contribution in [0.4, 0.5) is 10.7 Å². The molecule has 7 heteroatoms. The first kappa shape index (κ1) is 18.7. The minimum absolute atomic E-state index is 0.207. The van der Waals surface area contributed by atoms with Gasteiger partial charge in [-0.15, -0.1) is 11.3 Å². The maximum Gasteiger partial charge on any atom is 0.341 e. The molecule has 0 saturated heterocycles. The van der Waals surface area contributed by atoms with Gasteiger partial charge in [0.1, 0.15) is 5.00 Å². The van der Waals surface area contributed by atoms with Crippen molar-refractivity contribution >= 4 is 39.8 Å². The van der Waals surface area contributed by atoms with Crippen LogP contribution in [0.3, 0.4) is 0 Å². The van der Waals surface area contributed by atoms with Gasteiger partial charge in [0, 0.05) is 12.6 Å². The van der Waals surface area contributed by atoms with E-state index in [0.717, 1.165) is 16.9 Å². The molecule has 1 heterocycles. The van der Waals surface area contributed by atoms with Crippen molar-refractivity contribution in [3.8, 4) is 0 Å². The Hall–Kier alpha value is -2.67. The molecule has 0 aliphatic heterocycles. The van der Waals surface area contributed by atoms with Crippen molar-refractivity contribution in [1.29, 1.82) is 0 Å². The Morgan fingerprint density at radius 1 is 1.16 bits per heavy atom. The van der Waals surface area contributed by atoms with Crippen molar-refractivity contribution in [2.24, 2.45) is 0 Å². The number of amides is 2. The highest BCUT2D eigenvalue weighted by Crippen LogP contribution is 2.34. The first-order valence-electron chi connectivity index (χ1n) is 7.79. The zero-order chi connectivity index (χ0) is 18.6. The second kappa shape index (κ2) is 7.94. The van der Waals surface area contributed by atoms with E-state index < -0.39 is 5.97 Å². The van der Waals surface area contributed by atoms with Crippen molar-refractivity contribution in [2.75, 3.05) is 17.2 Å². The van der Waals surface area contributed by atoms with Crippen LogP contribution < -0.4 is 10.6 Å². The summed E-state index contributed by atoms with van der Waals surface area (Å²) < 4.78 is 5.04. The van der Waals surface area contributed by atoms with Crippen molar-refractivity contribution in [3.05, 3.63) is 45.8 Å². The number of hydrogen-bond acceptors (Lipinski definition) is 5. The second-order valence-corrected chi connectivity index (χ2v) is 6.51. The van der Waals surface area contributed by atoms with Crippen LogP contribution in [0.1, 0.15) is 45.0 Å². The van der Waals surface area contributed by atoms with Gasteiger partial charge in [-0.25, -0.2) is 4.79 Å². The van der Waals surface area contributed by atoms with Gasteiger partial charge < -0.3 is 15.4 Å². The Bertz CT molecular complexity index is 826. The number of rotatable bonds is 5. The van der Waals surface area contributed by atoms with Crippen LogP contribution in [0.5, 0.6) is 0 Å². The quantitative estimate of drug-likeness (QED) is 0.795. The molecule has 132 valence electrons. The molecule has 2 aromatic rings. The van der Waals surface area contributed by atoms with Gasteiger partial charge in [0.25, 0.3) is 5.91 Å². The van der Waals surface area contributed by atoms with Crippen LogP contribution in [0.2, 0.25) is 0 Å². The molecule has 0 radical (unpaired) electrons. The number of aryl methyl sites for hydroxylation is 1. The predicted molar refractivity (Wildman–Crippen MR) is 98.4 cm³/mol. The van der Waals surface area contributed by atoms with Gasteiger partial charge in [-0.1, -0.05) is 12.1 Å². The fraction of sp³-hybridized carbons (Fsp3) is 0.278. The molecule has 2 rings (SSSR count). The van der Waals surface area contributed by atoms with Crippen LogP contribution in [0, 0.1) is 13.8 Å². The van der Waals surface area contributed by atoms with E-state index in [-0.39, 0.29) is 24.0 Å². The second-order valence-electron chi connectivity index (χ2n) is 5.49. The molecule has 0 aliphatic rings. The summed E-state index contributed by atoms with van der Waals surface area (Å²) in [4.78, 5) is 36.6. The predicted octanol–water partition coefficient (Wildman–Crippen LogP) is 3.75. The summed E-state index contributed by atoms with van der Waals surface area (Å²) in [6.45, 7) is 6.84. The van der Waals surface area contributed by atoms with Crippen molar-refractivity contribution in [2.45, 2.75) is 27.7 Å². The summed E-state index contributed by atoms with van der Waals surface area (Å²) in [5.41, 5.74) is 2.39. The number of nitrogens with one attached hydrogen (secondary N) is 2. The number of esters is 1. The number of benzene rings is 1. The Morgan fingerprint density at radius 2 is 1.88 bits per heavy atom. The number of carbonyl (C=O) groups is 3. The molecule has 0 aliphatic carbocycles. The number of carbonyl (C=O) groups excluding carboxylic acids is 3. The fourth-order valence-electron chi connectivity index (χ4n) is 2.34. The van der Waals surface area contributed by atoms with Crippen molar-refractivity contribution < 1.29 is 19.1 Å². The molecule has 0 unspecified atom stereocenters. The van der Waals surface area contributed by atoms with Crippen LogP contribution in [-0.2, 0) is 9.53 Å². The maximum atomic E-state index is 12.6. The van der Waals surface area contributed by atoms with Gasteiger partial charge in [-0.3, -0.25) is 9.59 Å². The van der Waals surface area contributed by atoms with E-state index in [4.69, 9.17) is 4.74 Å². The minimum Gasteiger partial charge on any atom is -0.462 e. The first-order valence-corrected chi connectivity index (χ1v) is 8.61. The largest absolute Gasteiger partial charge is 0.462 e. The molecule has 0 fully saturated rings. The van der Waals surface area contributed by atoms with Gasteiger partial charge in [-0.2, -0.15) is 0 Å². The number of thiophene rings is 1. The van der Waals surface area contributed by atoms with Gasteiger partial charge in [0.15, 0.2) is 0 Å². The average molecular weight is 360 g/mol. The molecular weight excluding hydrogens is 340 g/mol. The summed E-state index contributed by atoms with van der Waals surface area (Å²) in [5.74, 6) is -1.22. The molecule has 2 N–H and O–H groups in total. The molecule has 0 bridgehead atoms. The summed E-state index contributed by atoms with van der Waals surface area (Å²) in [7, 11) is 0. The van der Waals surface area contributed by atoms with Gasteiger partial charge in [0.2, 0.25) is 5.91 Å². The minimum atomic E-state index is -0.561. The smallest absolute Gasteiger partial charge is 0.341 e. The lowest BCUT2D eigenvalue weighted by Gasteiger charge is -2.06. The third-order valence-corrected chi connectivity index (χ3v) is 4.60. The summed E-state index contributed by atoms with van der Waals surface area (Å²) >= 11 is 1.06. The van der Waals surface area contributed by atoms with Gasteiger partial charge in [0.05, 0.1) is 17.0 Å². The van der Waals surface area contributed by atoms with Crippen LogP contribution >= 0.6 is 11.3 Å². The van der Waals surface area contributed by atoms with Crippen molar-refractivity contribution in [3.63, 3.8) is 0 Å². The van der Waals surface area contributed by atoms with E-state index >= 15 is 0 Å². The lowest BCUT2D eigenvalue weighted by molar-refractivity contribution is -0.114. The van der Waals surface area contributed by atoms with E-state index in [1.807, 2.05) is 25.1 Å². The highest BCUT2D eigenvalue weighted by molar-refractivity contribution is 7.18. The van der Waals surface area contributed by atoms with Gasteiger partial charge >= 0.3 is 5.97 Å². The summed E-state index contributed by atoms with van der Waals surface area (Å²) in [6, 6.07) is 7.41. The molecule has 25 heavy (non-hydrogen) atoms. The molecule has 1 aromatic carbocycles. The zero-order valence-corrected chi connectivity index (χ0v) is 15.4. The lowest BCUT2D eigenvalue weighted by atomic mass is 10.1. The number of ether oxygens (including phenoxy) is 1. The Morgan fingerprint density at radius 3 is 2.48 bits per heavy atom. The Kier molecular flexibility index (Phi) is 5.93. The third-order valence-electron chi connectivity index (χ3n) is 3.40. The van der Waals surface area contributed by atoms with E-state index in [1.54, 1.807) is 19.9 Å². The molecular formula is C18H20N2O4S. The Labute approximate surface area is 150 Å². The van der Waals surface area contributed by atoms with E-state index in [2.05, 4.69) is 10.6 Å². The molecule has 0 atom stereocenters. The fourth-order valence-corrected chi connectivity index (χ4v) is 3.47. The Balaban J connectivity index is 2.38. The van der Waals surface area contributed by atoms with Crippen LogP contribution in [-0.4, -0.2) is 24.4 Å². The monoisotopic (exact) mass is 360 g/mol. The SMILES string of the molecule is CCOC(=O)c1c(NC(C)=O)sc(C(=O)Nc2cccc(C)c2)c1C. The van der Waals surface area contributed by atoms with E-state index in [1.165, 1.54) is 6.92 Å². The number of anilines is 2. The molecule has 0 saturated carbocycles. The van der Waals surface area contributed by atoms with E-state index in [0.29, 0.717) is 21.1 Å². The highest BCUT2D eigenvalue weighted by atomic mass is 32.1.